The van der Waals surface area contributed by atoms with Gasteiger partial charge in [-0.1, -0.05) is 60.7 Å². The van der Waals surface area contributed by atoms with Crippen LogP contribution in [-0.4, -0.2) is 30.2 Å². The second-order valence-electron chi connectivity index (χ2n) is 7.88. The van der Waals surface area contributed by atoms with Crippen LogP contribution in [0.4, 0.5) is 0 Å². The number of benzene rings is 2. The zero-order valence-electron chi connectivity index (χ0n) is 19.5. The third-order valence-corrected chi connectivity index (χ3v) is 5.29. The van der Waals surface area contributed by atoms with Gasteiger partial charge in [0.2, 0.25) is 0 Å². The van der Waals surface area contributed by atoms with Gasteiger partial charge in [0.25, 0.3) is 5.56 Å². The normalized spacial score (nSPS) is 12.4. The molecule has 3 rings (SSSR count). The highest BCUT2D eigenvalue weighted by Gasteiger charge is 2.05. The second-order valence-corrected chi connectivity index (χ2v) is 7.88. The molecule has 1 heterocycles. The quantitative estimate of drug-likeness (QED) is 0.264. The van der Waals surface area contributed by atoms with E-state index in [1.54, 1.807) is 16.7 Å². The number of hydrogen-bond acceptors (Lipinski definition) is 3. The minimum absolute atomic E-state index is 0.00690. The van der Waals surface area contributed by atoms with E-state index in [9.17, 15) is 4.79 Å². The van der Waals surface area contributed by atoms with Gasteiger partial charge >= 0.3 is 0 Å². The lowest BCUT2D eigenvalue weighted by Crippen LogP contribution is -2.38. The number of nitrogens with one attached hydrogen (secondary N) is 2. The summed E-state index contributed by atoms with van der Waals surface area (Å²) in [7, 11) is 0. The third kappa shape index (κ3) is 8.24. The standard InChI is InChI=1S/C27H34N4O2/c1-3-28-27(29-17-9-19-33-22(2)25-10-5-4-6-11-25)30-20-23-13-15-24(16-14-23)21-31-18-8-7-12-26(31)32/h4-8,10-16,18,22H,3,9,17,19-21H2,1-2H3,(H2,28,29,30). The fraction of sp³-hybridized carbons (Fsp3) is 0.333. The Morgan fingerprint density at radius 3 is 2.42 bits per heavy atom. The number of aromatic nitrogens is 1. The molecule has 0 amide bonds. The largest absolute Gasteiger partial charge is 0.374 e. The molecular formula is C27H34N4O2. The van der Waals surface area contributed by atoms with Crippen molar-refractivity contribution < 1.29 is 4.74 Å². The molecule has 2 N–H and O–H groups in total. The zero-order chi connectivity index (χ0) is 23.3. The van der Waals surface area contributed by atoms with Crippen LogP contribution >= 0.6 is 0 Å². The molecule has 3 aromatic rings. The summed E-state index contributed by atoms with van der Waals surface area (Å²) in [5.41, 5.74) is 3.41. The van der Waals surface area contributed by atoms with Crippen molar-refractivity contribution in [2.75, 3.05) is 19.7 Å². The fourth-order valence-corrected chi connectivity index (χ4v) is 3.41. The van der Waals surface area contributed by atoms with E-state index in [-0.39, 0.29) is 11.7 Å². The molecule has 6 nitrogen and oxygen atoms in total. The Bertz CT molecular complexity index is 1050. The van der Waals surface area contributed by atoms with Gasteiger partial charge in [-0.25, -0.2) is 4.99 Å². The molecule has 0 spiro atoms. The molecule has 33 heavy (non-hydrogen) atoms. The van der Waals surface area contributed by atoms with E-state index in [0.29, 0.717) is 19.7 Å². The Morgan fingerprint density at radius 1 is 0.970 bits per heavy atom. The van der Waals surface area contributed by atoms with Gasteiger partial charge in [-0.05, 0) is 43.0 Å². The van der Waals surface area contributed by atoms with Crippen LogP contribution in [0.1, 0.15) is 43.1 Å². The summed E-state index contributed by atoms with van der Waals surface area (Å²) in [5.74, 6) is 0.800. The van der Waals surface area contributed by atoms with Crippen molar-refractivity contribution in [3.8, 4) is 0 Å². The highest BCUT2D eigenvalue weighted by Crippen LogP contribution is 2.15. The summed E-state index contributed by atoms with van der Waals surface area (Å²) in [6.07, 6.45) is 2.80. The Balaban J connectivity index is 1.43. The highest BCUT2D eigenvalue weighted by molar-refractivity contribution is 5.79. The molecule has 0 radical (unpaired) electrons. The number of aliphatic imine (C=N–C) groups is 1. The predicted octanol–water partition coefficient (Wildman–Crippen LogP) is 4.12. The predicted molar refractivity (Wildman–Crippen MR) is 134 cm³/mol. The topological polar surface area (TPSA) is 67.7 Å². The summed E-state index contributed by atoms with van der Waals surface area (Å²) < 4.78 is 7.64. The number of ether oxygens (including phenoxy) is 1. The number of pyridine rings is 1. The monoisotopic (exact) mass is 446 g/mol. The lowest BCUT2D eigenvalue weighted by molar-refractivity contribution is 0.0646. The number of rotatable bonds is 11. The molecule has 0 saturated carbocycles. The Morgan fingerprint density at radius 2 is 1.70 bits per heavy atom. The molecule has 0 bridgehead atoms. The maximum Gasteiger partial charge on any atom is 0.250 e. The van der Waals surface area contributed by atoms with E-state index in [1.807, 2.05) is 30.5 Å². The van der Waals surface area contributed by atoms with Gasteiger partial charge in [-0.2, -0.15) is 0 Å². The molecule has 6 heteroatoms. The summed E-state index contributed by atoms with van der Waals surface area (Å²) in [6.45, 7) is 7.57. The Labute approximate surface area is 196 Å². The Kier molecular flexibility index (Phi) is 9.73. The molecule has 0 fully saturated rings. The van der Waals surface area contributed by atoms with Crippen LogP contribution in [0.25, 0.3) is 0 Å². The van der Waals surface area contributed by atoms with Crippen molar-refractivity contribution in [1.82, 2.24) is 15.2 Å². The summed E-state index contributed by atoms with van der Waals surface area (Å²) in [6, 6.07) is 23.7. The molecule has 0 aliphatic heterocycles. The lowest BCUT2D eigenvalue weighted by Gasteiger charge is -2.14. The fourth-order valence-electron chi connectivity index (χ4n) is 3.41. The Hall–Kier alpha value is -3.38. The molecular weight excluding hydrogens is 412 g/mol. The molecule has 2 aromatic carbocycles. The van der Waals surface area contributed by atoms with E-state index in [4.69, 9.17) is 9.73 Å². The van der Waals surface area contributed by atoms with Crippen LogP contribution in [0.3, 0.4) is 0 Å². The van der Waals surface area contributed by atoms with E-state index >= 15 is 0 Å². The summed E-state index contributed by atoms with van der Waals surface area (Å²) in [4.78, 5) is 16.6. The van der Waals surface area contributed by atoms with Gasteiger partial charge in [0.1, 0.15) is 0 Å². The average Bonchev–Trinajstić information content (AvgIpc) is 2.85. The molecule has 1 unspecified atom stereocenters. The number of guanidine groups is 1. The number of hydrogen-bond donors (Lipinski definition) is 2. The lowest BCUT2D eigenvalue weighted by atomic mass is 10.1. The minimum atomic E-state index is 0.00690. The van der Waals surface area contributed by atoms with Gasteiger partial charge in [0, 0.05) is 32.0 Å². The van der Waals surface area contributed by atoms with Crippen molar-refractivity contribution in [3.05, 3.63) is 106 Å². The SMILES string of the molecule is CCNC(=NCc1ccc(Cn2ccccc2=O)cc1)NCCCOC(C)c1ccccc1. The van der Waals surface area contributed by atoms with Gasteiger partial charge < -0.3 is 19.9 Å². The summed E-state index contributed by atoms with van der Waals surface area (Å²) >= 11 is 0. The van der Waals surface area contributed by atoms with E-state index < -0.39 is 0 Å². The van der Waals surface area contributed by atoms with E-state index in [1.165, 1.54) is 5.56 Å². The molecule has 0 aliphatic carbocycles. The molecule has 1 atom stereocenters. The van der Waals surface area contributed by atoms with Crippen molar-refractivity contribution in [1.29, 1.82) is 0 Å². The van der Waals surface area contributed by atoms with Crippen LogP contribution in [0, 0.1) is 0 Å². The highest BCUT2D eigenvalue weighted by atomic mass is 16.5. The minimum Gasteiger partial charge on any atom is -0.374 e. The van der Waals surface area contributed by atoms with Crippen molar-refractivity contribution >= 4 is 5.96 Å². The van der Waals surface area contributed by atoms with Crippen LogP contribution < -0.4 is 16.2 Å². The first-order valence-corrected chi connectivity index (χ1v) is 11.6. The maximum atomic E-state index is 11.9. The second kappa shape index (κ2) is 13.2. The van der Waals surface area contributed by atoms with Gasteiger partial charge in [-0.3, -0.25) is 4.79 Å². The van der Waals surface area contributed by atoms with Crippen molar-refractivity contribution in [2.24, 2.45) is 4.99 Å². The first kappa shape index (κ1) is 24.3. The molecule has 0 aliphatic rings. The van der Waals surface area contributed by atoms with Crippen LogP contribution in [-0.2, 0) is 17.8 Å². The molecule has 1 aromatic heterocycles. The van der Waals surface area contributed by atoms with E-state index in [2.05, 4.69) is 60.9 Å². The van der Waals surface area contributed by atoms with Crippen molar-refractivity contribution in [2.45, 2.75) is 39.5 Å². The zero-order valence-corrected chi connectivity index (χ0v) is 19.5. The first-order valence-electron chi connectivity index (χ1n) is 11.6. The molecule has 174 valence electrons. The van der Waals surface area contributed by atoms with Gasteiger partial charge in [0.05, 0.1) is 19.2 Å². The first-order chi connectivity index (χ1) is 16.2. The van der Waals surface area contributed by atoms with Gasteiger partial charge in [0.15, 0.2) is 5.96 Å². The van der Waals surface area contributed by atoms with Crippen LogP contribution in [0.2, 0.25) is 0 Å². The maximum absolute atomic E-state index is 11.9. The van der Waals surface area contributed by atoms with Crippen molar-refractivity contribution in [3.63, 3.8) is 0 Å². The smallest absolute Gasteiger partial charge is 0.250 e. The summed E-state index contributed by atoms with van der Waals surface area (Å²) in [5, 5.41) is 6.66. The number of nitrogens with zero attached hydrogens (tertiary/aromatic N) is 2. The van der Waals surface area contributed by atoms with Crippen LogP contribution in [0.15, 0.2) is 88.8 Å². The van der Waals surface area contributed by atoms with E-state index in [0.717, 1.165) is 36.6 Å². The van der Waals surface area contributed by atoms with Gasteiger partial charge in [-0.15, -0.1) is 0 Å². The average molecular weight is 447 g/mol. The molecule has 0 saturated heterocycles. The third-order valence-electron chi connectivity index (χ3n) is 5.29. The van der Waals surface area contributed by atoms with Crippen LogP contribution in [0.5, 0.6) is 0 Å².